The van der Waals surface area contributed by atoms with E-state index in [1.807, 2.05) is 19.2 Å². The van der Waals surface area contributed by atoms with Crippen LogP contribution in [0.15, 0.2) is 45.9 Å². The van der Waals surface area contributed by atoms with Crippen molar-refractivity contribution in [3.05, 3.63) is 52.1 Å². The van der Waals surface area contributed by atoms with E-state index < -0.39 is 10.0 Å². The van der Waals surface area contributed by atoms with Crippen molar-refractivity contribution in [2.75, 3.05) is 11.8 Å². The van der Waals surface area contributed by atoms with Crippen molar-refractivity contribution in [2.24, 2.45) is 0 Å². The first kappa shape index (κ1) is 15.9. The normalized spacial score (nSPS) is 11.4. The third-order valence-electron chi connectivity index (χ3n) is 2.87. The zero-order valence-electron chi connectivity index (χ0n) is 11.7. The third kappa shape index (κ3) is 4.03. The van der Waals surface area contributed by atoms with E-state index in [0.717, 1.165) is 15.6 Å². The average molecular weight is 370 g/mol. The summed E-state index contributed by atoms with van der Waals surface area (Å²) >= 11 is 3.30. The molecule has 0 atom stereocenters. The maximum Gasteiger partial charge on any atom is 0.263 e. The summed E-state index contributed by atoms with van der Waals surface area (Å²) in [6.45, 7) is 2.41. The lowest BCUT2D eigenvalue weighted by Crippen LogP contribution is -2.15. The molecule has 7 heteroatoms. The molecule has 0 bridgehead atoms. The Kier molecular flexibility index (Phi) is 4.97. The Balaban J connectivity index is 2.31. The van der Waals surface area contributed by atoms with Crippen LogP contribution in [-0.4, -0.2) is 20.4 Å². The van der Waals surface area contributed by atoms with Crippen LogP contribution in [-0.2, 0) is 16.6 Å². The van der Waals surface area contributed by atoms with E-state index in [-0.39, 0.29) is 4.90 Å². The molecule has 0 aliphatic heterocycles. The fraction of sp³-hybridized carbons (Fsp3) is 0.214. The van der Waals surface area contributed by atoms with Gasteiger partial charge in [0.25, 0.3) is 10.0 Å². The summed E-state index contributed by atoms with van der Waals surface area (Å²) in [7, 11) is -1.83. The summed E-state index contributed by atoms with van der Waals surface area (Å²) in [4.78, 5) is 4.32. The molecule has 0 fully saturated rings. The molecule has 0 amide bonds. The van der Waals surface area contributed by atoms with E-state index in [1.165, 1.54) is 0 Å². The summed E-state index contributed by atoms with van der Waals surface area (Å²) < 4.78 is 28.1. The first-order valence-corrected chi connectivity index (χ1v) is 8.58. The Morgan fingerprint density at radius 3 is 2.71 bits per heavy atom. The second-order valence-corrected chi connectivity index (χ2v) is 7.20. The molecule has 0 unspecified atom stereocenters. The minimum absolute atomic E-state index is 0.222. The average Bonchev–Trinajstić information content (AvgIpc) is 2.43. The van der Waals surface area contributed by atoms with E-state index in [1.54, 1.807) is 31.3 Å². The number of anilines is 1. The van der Waals surface area contributed by atoms with E-state index in [4.69, 9.17) is 0 Å². The number of nitrogens with zero attached hydrogens (tertiary/aromatic N) is 1. The Labute approximate surface area is 133 Å². The van der Waals surface area contributed by atoms with Gasteiger partial charge in [-0.25, -0.2) is 13.4 Å². The van der Waals surface area contributed by atoms with Crippen LogP contribution in [0.25, 0.3) is 0 Å². The Morgan fingerprint density at radius 1 is 1.29 bits per heavy atom. The van der Waals surface area contributed by atoms with E-state index in [9.17, 15) is 8.42 Å². The van der Waals surface area contributed by atoms with Gasteiger partial charge in [0.2, 0.25) is 0 Å². The molecule has 1 aromatic carbocycles. The number of hydrogen-bond acceptors (Lipinski definition) is 4. The number of sulfonamides is 1. The molecule has 0 aliphatic rings. The van der Waals surface area contributed by atoms with Gasteiger partial charge in [-0.2, -0.15) is 0 Å². The molecular weight excluding hydrogens is 354 g/mol. The molecule has 112 valence electrons. The molecule has 2 N–H and O–H groups in total. The Bertz CT molecular complexity index is 748. The summed E-state index contributed by atoms with van der Waals surface area (Å²) in [6, 6.07) is 8.62. The minimum Gasteiger partial charge on any atom is -0.316 e. The van der Waals surface area contributed by atoms with Crippen LogP contribution in [0.5, 0.6) is 0 Å². The molecule has 0 saturated carbocycles. The van der Waals surface area contributed by atoms with Crippen molar-refractivity contribution in [1.82, 2.24) is 10.3 Å². The number of nitrogens with one attached hydrogen (secondary N) is 2. The zero-order chi connectivity index (χ0) is 15.5. The highest BCUT2D eigenvalue weighted by molar-refractivity contribution is 9.10. The first-order chi connectivity index (χ1) is 9.92. The maximum atomic E-state index is 12.4. The molecule has 2 rings (SSSR count). The number of hydrogen-bond donors (Lipinski definition) is 2. The molecule has 1 heterocycles. The van der Waals surface area contributed by atoms with Gasteiger partial charge < -0.3 is 5.32 Å². The number of benzene rings is 1. The quantitative estimate of drug-likeness (QED) is 0.849. The van der Waals surface area contributed by atoms with Crippen molar-refractivity contribution >= 4 is 31.8 Å². The van der Waals surface area contributed by atoms with Crippen LogP contribution in [0.1, 0.15) is 11.1 Å². The highest BCUT2D eigenvalue weighted by atomic mass is 79.9. The van der Waals surface area contributed by atoms with E-state index in [2.05, 4.69) is 31.0 Å². The van der Waals surface area contributed by atoms with Crippen molar-refractivity contribution in [2.45, 2.75) is 18.4 Å². The standard InChI is InChI=1S/C14H16BrN3O2S/c1-10-6-12(15)9-17-14(10)18-21(19,20)13-5-3-4-11(7-13)8-16-2/h3-7,9,16H,8H2,1-2H3,(H,17,18). The lowest BCUT2D eigenvalue weighted by molar-refractivity contribution is 0.600. The molecule has 1 aromatic heterocycles. The topological polar surface area (TPSA) is 71.1 Å². The van der Waals surface area contributed by atoms with Gasteiger partial charge in [-0.3, -0.25) is 4.72 Å². The molecule has 0 aliphatic carbocycles. The maximum absolute atomic E-state index is 12.4. The van der Waals surface area contributed by atoms with E-state index in [0.29, 0.717) is 12.4 Å². The number of aromatic nitrogens is 1. The second-order valence-electron chi connectivity index (χ2n) is 4.60. The number of halogens is 1. The predicted molar refractivity (Wildman–Crippen MR) is 86.7 cm³/mol. The Hall–Kier alpha value is -1.44. The largest absolute Gasteiger partial charge is 0.316 e. The fourth-order valence-corrected chi connectivity index (χ4v) is 3.46. The van der Waals surface area contributed by atoms with Gasteiger partial charge >= 0.3 is 0 Å². The van der Waals surface area contributed by atoms with Gasteiger partial charge in [0.1, 0.15) is 5.82 Å². The second kappa shape index (κ2) is 6.55. The highest BCUT2D eigenvalue weighted by Crippen LogP contribution is 2.21. The molecule has 0 spiro atoms. The van der Waals surface area contributed by atoms with Crippen LogP contribution in [0, 0.1) is 6.92 Å². The molecular formula is C14H16BrN3O2S. The van der Waals surface area contributed by atoms with Gasteiger partial charge in [0.15, 0.2) is 0 Å². The first-order valence-electron chi connectivity index (χ1n) is 6.31. The van der Waals surface area contributed by atoms with Crippen LogP contribution in [0.3, 0.4) is 0 Å². The van der Waals surface area contributed by atoms with Gasteiger partial charge in [-0.15, -0.1) is 0 Å². The van der Waals surface area contributed by atoms with Crippen LogP contribution in [0.2, 0.25) is 0 Å². The molecule has 0 saturated heterocycles. The highest BCUT2D eigenvalue weighted by Gasteiger charge is 2.16. The summed E-state index contributed by atoms with van der Waals surface area (Å²) in [5, 5.41) is 2.99. The molecule has 21 heavy (non-hydrogen) atoms. The van der Waals surface area contributed by atoms with Crippen molar-refractivity contribution in [1.29, 1.82) is 0 Å². The predicted octanol–water partition coefficient (Wildman–Crippen LogP) is 2.67. The SMILES string of the molecule is CNCc1cccc(S(=O)(=O)Nc2ncc(Br)cc2C)c1. The van der Waals surface area contributed by atoms with Gasteiger partial charge in [-0.1, -0.05) is 12.1 Å². The summed E-state index contributed by atoms with van der Waals surface area (Å²) in [6.07, 6.45) is 1.56. The number of rotatable bonds is 5. The van der Waals surface area contributed by atoms with E-state index >= 15 is 0 Å². The minimum atomic E-state index is -3.65. The zero-order valence-corrected chi connectivity index (χ0v) is 14.1. The Morgan fingerprint density at radius 2 is 2.05 bits per heavy atom. The van der Waals surface area contributed by atoms with Crippen molar-refractivity contribution < 1.29 is 8.42 Å². The third-order valence-corrected chi connectivity index (χ3v) is 4.64. The van der Waals surface area contributed by atoms with Crippen molar-refractivity contribution in [3.63, 3.8) is 0 Å². The summed E-state index contributed by atoms with van der Waals surface area (Å²) in [5.41, 5.74) is 1.65. The molecule has 2 aromatic rings. The lowest BCUT2D eigenvalue weighted by Gasteiger charge is -2.11. The van der Waals surface area contributed by atoms with Gasteiger partial charge in [-0.05, 0) is 59.2 Å². The molecule has 5 nitrogen and oxygen atoms in total. The van der Waals surface area contributed by atoms with Crippen LogP contribution < -0.4 is 10.0 Å². The van der Waals surface area contributed by atoms with Crippen LogP contribution in [0.4, 0.5) is 5.82 Å². The van der Waals surface area contributed by atoms with Gasteiger partial charge in [0, 0.05) is 17.2 Å². The van der Waals surface area contributed by atoms with Crippen molar-refractivity contribution in [3.8, 4) is 0 Å². The van der Waals surface area contributed by atoms with Gasteiger partial charge in [0.05, 0.1) is 4.90 Å². The number of pyridine rings is 1. The smallest absolute Gasteiger partial charge is 0.263 e. The lowest BCUT2D eigenvalue weighted by atomic mass is 10.2. The monoisotopic (exact) mass is 369 g/mol. The molecule has 0 radical (unpaired) electrons. The van der Waals surface area contributed by atoms with Crippen LogP contribution >= 0.6 is 15.9 Å². The fourth-order valence-electron chi connectivity index (χ4n) is 1.86. The number of aryl methyl sites for hydroxylation is 1. The summed E-state index contributed by atoms with van der Waals surface area (Å²) in [5.74, 6) is 0.331.